The second-order valence-corrected chi connectivity index (χ2v) is 4.73. The van der Waals surface area contributed by atoms with Crippen molar-refractivity contribution in [2.75, 3.05) is 13.7 Å². The number of esters is 1. The fourth-order valence-electron chi connectivity index (χ4n) is 2.07. The smallest absolute Gasteiger partial charge is 0.366 e. The molecular weight excluding hydrogens is 260 g/mol. The van der Waals surface area contributed by atoms with Crippen LogP contribution in [0.4, 0.5) is 0 Å². The van der Waals surface area contributed by atoms with Crippen molar-refractivity contribution in [3.63, 3.8) is 0 Å². The van der Waals surface area contributed by atoms with Gasteiger partial charge in [0.2, 0.25) is 0 Å². The van der Waals surface area contributed by atoms with E-state index in [-0.39, 0.29) is 0 Å². The van der Waals surface area contributed by atoms with Crippen LogP contribution in [0.2, 0.25) is 0 Å². The molecule has 112 valence electrons. The molecule has 0 amide bonds. The molecule has 0 aromatic carbocycles. The second-order valence-electron chi connectivity index (χ2n) is 4.73. The maximum Gasteiger partial charge on any atom is 0.366 e. The summed E-state index contributed by atoms with van der Waals surface area (Å²) in [6, 6.07) is 0. The van der Waals surface area contributed by atoms with E-state index in [0.717, 1.165) is 7.11 Å². The predicted octanol–water partition coefficient (Wildman–Crippen LogP) is -2.65. The van der Waals surface area contributed by atoms with Crippen molar-refractivity contribution in [1.82, 2.24) is 0 Å². The van der Waals surface area contributed by atoms with Gasteiger partial charge in [-0.05, 0) is 0 Å². The summed E-state index contributed by atoms with van der Waals surface area (Å²) in [6.07, 6.45) is -5.84. The molecule has 5 N–H and O–H groups in total. The van der Waals surface area contributed by atoms with Gasteiger partial charge in [0, 0.05) is 12.3 Å². The normalized spacial score (nSPS) is 38.6. The van der Waals surface area contributed by atoms with Gasteiger partial charge < -0.3 is 35.0 Å². The molecule has 0 saturated carbocycles. The zero-order valence-electron chi connectivity index (χ0n) is 10.8. The summed E-state index contributed by atoms with van der Waals surface area (Å²) in [5, 5.41) is 47.8. The molecular formula is C11H20O8. The Morgan fingerprint density at radius 1 is 1.53 bits per heavy atom. The van der Waals surface area contributed by atoms with E-state index in [0.29, 0.717) is 0 Å². The third kappa shape index (κ3) is 3.22. The Labute approximate surface area is 110 Å². The van der Waals surface area contributed by atoms with Gasteiger partial charge in [-0.1, -0.05) is 6.92 Å². The molecule has 0 radical (unpaired) electrons. The SMILES string of the molecule is COC(=O)[C@]1(O)C[C@@H](O)[C@@H](C)C([C@H](O)[C@H](O)CO)O1. The summed E-state index contributed by atoms with van der Waals surface area (Å²) in [5.74, 6) is -4.14. The number of rotatable bonds is 4. The van der Waals surface area contributed by atoms with Crippen LogP contribution in [0.5, 0.6) is 0 Å². The van der Waals surface area contributed by atoms with Crippen molar-refractivity contribution in [2.45, 2.75) is 43.5 Å². The van der Waals surface area contributed by atoms with Gasteiger partial charge in [0.25, 0.3) is 5.79 Å². The zero-order valence-corrected chi connectivity index (χ0v) is 10.8. The fraction of sp³-hybridized carbons (Fsp3) is 0.909. The number of hydrogen-bond acceptors (Lipinski definition) is 8. The largest absolute Gasteiger partial charge is 0.465 e. The monoisotopic (exact) mass is 280 g/mol. The van der Waals surface area contributed by atoms with Gasteiger partial charge >= 0.3 is 5.97 Å². The Morgan fingerprint density at radius 2 is 2.11 bits per heavy atom. The average Bonchev–Trinajstić information content (AvgIpc) is 2.40. The highest BCUT2D eigenvalue weighted by Crippen LogP contribution is 2.34. The third-order valence-electron chi connectivity index (χ3n) is 3.36. The zero-order chi connectivity index (χ0) is 14.8. The third-order valence-corrected chi connectivity index (χ3v) is 3.36. The molecule has 1 rings (SSSR count). The van der Waals surface area contributed by atoms with Crippen molar-refractivity contribution < 1.29 is 39.8 Å². The molecule has 6 atom stereocenters. The molecule has 0 aromatic rings. The Hall–Kier alpha value is -0.770. The Bertz CT molecular complexity index is 322. The van der Waals surface area contributed by atoms with Crippen molar-refractivity contribution in [3.05, 3.63) is 0 Å². The fourth-order valence-corrected chi connectivity index (χ4v) is 2.07. The highest BCUT2D eigenvalue weighted by molar-refractivity contribution is 5.77. The van der Waals surface area contributed by atoms with Gasteiger partial charge in [0.1, 0.15) is 12.2 Å². The predicted molar refractivity (Wildman–Crippen MR) is 60.7 cm³/mol. The minimum atomic E-state index is -2.39. The van der Waals surface area contributed by atoms with E-state index in [1.807, 2.05) is 0 Å². The Morgan fingerprint density at radius 3 is 2.58 bits per heavy atom. The van der Waals surface area contributed by atoms with Gasteiger partial charge in [-0.2, -0.15) is 0 Å². The first-order valence-electron chi connectivity index (χ1n) is 5.90. The molecule has 1 fully saturated rings. The lowest BCUT2D eigenvalue weighted by Gasteiger charge is -2.43. The molecule has 1 unspecified atom stereocenters. The lowest BCUT2D eigenvalue weighted by atomic mass is 9.85. The maximum atomic E-state index is 11.4. The summed E-state index contributed by atoms with van der Waals surface area (Å²) >= 11 is 0. The molecule has 0 bridgehead atoms. The molecule has 8 heteroatoms. The minimum absolute atomic E-state index is 0.403. The molecule has 0 spiro atoms. The van der Waals surface area contributed by atoms with Crippen LogP contribution in [0.1, 0.15) is 13.3 Å². The van der Waals surface area contributed by atoms with E-state index >= 15 is 0 Å². The molecule has 1 heterocycles. The van der Waals surface area contributed by atoms with E-state index in [2.05, 4.69) is 4.74 Å². The number of carbonyl (C=O) groups excluding carboxylic acids is 1. The Kier molecular flexibility index (Phi) is 5.25. The standard InChI is InChI=1S/C11H20O8/c1-5-6(13)3-11(17,10(16)18-2)19-9(5)8(15)7(14)4-12/h5-9,12-15,17H,3-4H2,1-2H3/t5-,6-,7-,8-,9?,11+/m1/s1. The summed E-state index contributed by atoms with van der Waals surface area (Å²) in [4.78, 5) is 11.4. The van der Waals surface area contributed by atoms with E-state index in [1.54, 1.807) is 0 Å². The quantitative estimate of drug-likeness (QED) is 0.352. The lowest BCUT2D eigenvalue weighted by molar-refractivity contribution is -0.303. The first-order valence-corrected chi connectivity index (χ1v) is 5.90. The van der Waals surface area contributed by atoms with Crippen molar-refractivity contribution in [1.29, 1.82) is 0 Å². The molecule has 1 aliphatic rings. The van der Waals surface area contributed by atoms with E-state index < -0.39 is 55.1 Å². The van der Waals surface area contributed by atoms with Gasteiger partial charge in [-0.15, -0.1) is 0 Å². The first-order chi connectivity index (χ1) is 8.76. The van der Waals surface area contributed by atoms with Gasteiger partial charge in [-0.3, -0.25) is 0 Å². The lowest BCUT2D eigenvalue weighted by Crippen LogP contribution is -2.60. The molecule has 8 nitrogen and oxygen atoms in total. The maximum absolute atomic E-state index is 11.4. The van der Waals surface area contributed by atoms with Crippen molar-refractivity contribution in [2.24, 2.45) is 5.92 Å². The van der Waals surface area contributed by atoms with Crippen LogP contribution >= 0.6 is 0 Å². The highest BCUT2D eigenvalue weighted by Gasteiger charge is 2.52. The van der Waals surface area contributed by atoms with E-state index in [4.69, 9.17) is 9.84 Å². The Balaban J connectivity index is 2.94. The van der Waals surface area contributed by atoms with Crippen LogP contribution in [0.3, 0.4) is 0 Å². The van der Waals surface area contributed by atoms with Crippen LogP contribution < -0.4 is 0 Å². The van der Waals surface area contributed by atoms with Crippen LogP contribution in [0, 0.1) is 5.92 Å². The first kappa shape index (κ1) is 16.3. The molecule has 1 aliphatic heterocycles. The van der Waals surface area contributed by atoms with Crippen molar-refractivity contribution in [3.8, 4) is 0 Å². The van der Waals surface area contributed by atoms with Crippen LogP contribution in [0.15, 0.2) is 0 Å². The van der Waals surface area contributed by atoms with Gasteiger partial charge in [0.05, 0.1) is 25.9 Å². The van der Waals surface area contributed by atoms with E-state index in [9.17, 15) is 25.2 Å². The van der Waals surface area contributed by atoms with Gasteiger partial charge in [-0.25, -0.2) is 4.79 Å². The number of aliphatic hydroxyl groups excluding tert-OH is 4. The van der Waals surface area contributed by atoms with Crippen LogP contribution in [-0.4, -0.2) is 75.4 Å². The number of ether oxygens (including phenoxy) is 2. The molecule has 0 aromatic heterocycles. The molecule has 1 saturated heterocycles. The number of methoxy groups -OCH3 is 1. The summed E-state index contributed by atoms with van der Waals surface area (Å²) in [6.45, 7) is 0.806. The van der Waals surface area contributed by atoms with Gasteiger partial charge in [0.15, 0.2) is 0 Å². The molecule has 19 heavy (non-hydrogen) atoms. The number of carbonyl (C=O) groups is 1. The summed E-state index contributed by atoms with van der Waals surface area (Å²) < 4.78 is 9.47. The number of hydrogen-bond donors (Lipinski definition) is 5. The van der Waals surface area contributed by atoms with Crippen molar-refractivity contribution >= 4 is 5.97 Å². The van der Waals surface area contributed by atoms with Crippen LogP contribution in [0.25, 0.3) is 0 Å². The molecule has 0 aliphatic carbocycles. The number of aliphatic hydroxyl groups is 5. The average molecular weight is 280 g/mol. The summed E-state index contributed by atoms with van der Waals surface area (Å²) in [7, 11) is 1.04. The highest BCUT2D eigenvalue weighted by atomic mass is 16.7. The summed E-state index contributed by atoms with van der Waals surface area (Å²) in [5.41, 5.74) is 0. The van der Waals surface area contributed by atoms with E-state index in [1.165, 1.54) is 6.92 Å². The minimum Gasteiger partial charge on any atom is -0.465 e. The topological polar surface area (TPSA) is 137 Å². The second kappa shape index (κ2) is 6.12. The van der Waals surface area contributed by atoms with Crippen LogP contribution in [-0.2, 0) is 14.3 Å².